The lowest BCUT2D eigenvalue weighted by Gasteiger charge is -2.42. The highest BCUT2D eigenvalue weighted by atomic mass is 16.3. The smallest absolute Gasteiger partial charge is 0.159 e. The molecule has 0 spiro atoms. The highest BCUT2D eigenvalue weighted by Gasteiger charge is 2.42. The molecule has 0 unspecified atom stereocenters. The van der Waals surface area contributed by atoms with Crippen molar-refractivity contribution in [1.29, 1.82) is 0 Å². The van der Waals surface area contributed by atoms with Gasteiger partial charge in [-0.25, -0.2) is 0 Å². The second-order valence-electron chi connectivity index (χ2n) is 17.7. The zero-order valence-electron chi connectivity index (χ0n) is 33.9. The molecule has 13 rings (SSSR count). The minimum Gasteiger partial charge on any atom is -0.454 e. The van der Waals surface area contributed by atoms with Crippen LogP contribution in [0.15, 0.2) is 179 Å². The molecule has 0 saturated heterocycles. The van der Waals surface area contributed by atoms with Gasteiger partial charge in [0.2, 0.25) is 0 Å². The molecule has 9 aromatic carbocycles. The second-order valence-corrected chi connectivity index (χ2v) is 17.7. The van der Waals surface area contributed by atoms with Gasteiger partial charge in [0.05, 0.1) is 22.7 Å². The number of rotatable bonds is 2. The third-order valence-electron chi connectivity index (χ3n) is 13.7. The van der Waals surface area contributed by atoms with Crippen LogP contribution in [-0.4, -0.2) is 0 Å². The quantitative estimate of drug-likeness (QED) is 0.175. The van der Waals surface area contributed by atoms with Gasteiger partial charge in [0.25, 0.3) is 0 Å². The van der Waals surface area contributed by atoms with Crippen LogP contribution in [0.4, 0.5) is 34.1 Å². The van der Waals surface area contributed by atoms with Gasteiger partial charge >= 0.3 is 0 Å². The zero-order chi connectivity index (χ0) is 40.1. The van der Waals surface area contributed by atoms with Crippen molar-refractivity contribution in [3.63, 3.8) is 0 Å². The Hall–Kier alpha value is -7.30. The van der Waals surface area contributed by atoms with E-state index in [1.54, 1.807) is 0 Å². The van der Waals surface area contributed by atoms with Crippen molar-refractivity contribution < 1.29 is 8.83 Å². The first kappa shape index (κ1) is 33.6. The van der Waals surface area contributed by atoms with Crippen molar-refractivity contribution >= 4 is 99.5 Å². The van der Waals surface area contributed by atoms with Crippen LogP contribution in [0.2, 0.25) is 0 Å². The highest BCUT2D eigenvalue weighted by Crippen LogP contribution is 2.59. The Kier molecular flexibility index (Phi) is 6.55. The van der Waals surface area contributed by atoms with Gasteiger partial charge in [-0.15, -0.1) is 0 Å². The normalized spacial score (nSPS) is 15.2. The third-order valence-corrected chi connectivity index (χ3v) is 13.7. The molecule has 0 aliphatic carbocycles. The van der Waals surface area contributed by atoms with Crippen LogP contribution < -0.4 is 9.80 Å². The maximum atomic E-state index is 7.15. The molecule has 2 aromatic heterocycles. The van der Waals surface area contributed by atoms with Crippen molar-refractivity contribution in [1.82, 2.24) is 0 Å². The first-order valence-electron chi connectivity index (χ1n) is 20.9. The molecular formula is C56H40N2O2. The molecule has 0 radical (unpaired) electrons. The summed E-state index contributed by atoms with van der Waals surface area (Å²) >= 11 is 0. The van der Waals surface area contributed by atoms with Gasteiger partial charge in [-0.1, -0.05) is 149 Å². The summed E-state index contributed by atoms with van der Waals surface area (Å²) < 4.78 is 14.3. The van der Waals surface area contributed by atoms with Crippen LogP contribution in [0.25, 0.3) is 65.4 Å². The molecule has 0 fully saturated rings. The Balaban J connectivity index is 1.06. The van der Waals surface area contributed by atoms with E-state index in [1.807, 2.05) is 0 Å². The summed E-state index contributed by atoms with van der Waals surface area (Å²) in [5.41, 5.74) is 14.7. The van der Waals surface area contributed by atoms with Gasteiger partial charge in [-0.2, -0.15) is 0 Å². The van der Waals surface area contributed by atoms with E-state index < -0.39 is 0 Å². The first-order chi connectivity index (χ1) is 29.3. The Bertz CT molecular complexity index is 3370. The molecule has 4 heterocycles. The summed E-state index contributed by atoms with van der Waals surface area (Å²) in [5, 5.41) is 9.27. The summed E-state index contributed by atoms with van der Waals surface area (Å²) in [6.45, 7) is 9.42. The number of hydrogen-bond acceptors (Lipinski definition) is 4. The number of furan rings is 2. The molecule has 60 heavy (non-hydrogen) atoms. The fourth-order valence-electron chi connectivity index (χ4n) is 11.0. The fraction of sp³-hybridized carbons (Fsp3) is 0.107. The van der Waals surface area contributed by atoms with Gasteiger partial charge in [-0.05, 0) is 92.3 Å². The molecule has 2 aliphatic heterocycles. The molecule has 4 heteroatoms. The number of hydrogen-bond donors (Lipinski definition) is 0. The van der Waals surface area contributed by atoms with Crippen LogP contribution in [0.5, 0.6) is 0 Å². The predicted octanol–water partition coefficient (Wildman–Crippen LogP) is 16.0. The maximum absolute atomic E-state index is 7.15. The number of fused-ring (bicyclic) bond motifs is 16. The van der Waals surface area contributed by atoms with E-state index in [-0.39, 0.29) is 10.8 Å². The fourth-order valence-corrected chi connectivity index (χ4v) is 11.0. The molecular weight excluding hydrogens is 733 g/mol. The largest absolute Gasteiger partial charge is 0.454 e. The molecule has 0 bridgehead atoms. The standard InChI is InChI=1S/C56H40N2O2/c1-55(2)43-27-25-39-41-31-48-42(32-47(41)59-53(39)51(43)57(35-17-7-5-8-18-35)45-29-23-33-15-11-13-21-37(33)49(45)55)40-26-28-44-52(54(40)60-48)58(36-19-9-6-10-20-36)46-30-24-34-16-12-14-22-38(34)50(46)56(44,3)4/h5-32H,1-4H3. The minimum absolute atomic E-state index is 0.295. The topological polar surface area (TPSA) is 32.8 Å². The lowest BCUT2D eigenvalue weighted by atomic mass is 9.71. The van der Waals surface area contributed by atoms with E-state index >= 15 is 0 Å². The van der Waals surface area contributed by atoms with Gasteiger partial charge in [-0.3, -0.25) is 0 Å². The van der Waals surface area contributed by atoms with Crippen LogP contribution in [0.1, 0.15) is 49.9 Å². The maximum Gasteiger partial charge on any atom is 0.159 e. The van der Waals surface area contributed by atoms with Crippen molar-refractivity contribution in [3.8, 4) is 0 Å². The van der Waals surface area contributed by atoms with E-state index in [2.05, 4.69) is 207 Å². The molecule has 0 atom stereocenters. The SMILES string of the molecule is CC1(C)c2ccc3c(oc4cc5c(cc43)oc3c4c(ccc35)C(C)(C)c3c(ccc5ccccc35)N4c3ccccc3)c2N(c2ccccc2)c2ccc3ccccc3c21. The summed E-state index contributed by atoms with van der Waals surface area (Å²) in [7, 11) is 0. The molecule has 0 saturated carbocycles. The van der Waals surface area contributed by atoms with E-state index in [4.69, 9.17) is 8.83 Å². The molecule has 0 N–H and O–H groups in total. The van der Waals surface area contributed by atoms with Crippen LogP contribution in [0.3, 0.4) is 0 Å². The lowest BCUT2D eigenvalue weighted by molar-refractivity contribution is 0.628. The van der Waals surface area contributed by atoms with Gasteiger partial charge in [0.1, 0.15) is 11.2 Å². The Morgan fingerprint density at radius 1 is 0.367 bits per heavy atom. The molecule has 0 amide bonds. The van der Waals surface area contributed by atoms with E-state index in [1.165, 1.54) is 55.2 Å². The molecule has 2 aliphatic rings. The third kappa shape index (κ3) is 4.30. The predicted molar refractivity (Wildman–Crippen MR) is 250 cm³/mol. The summed E-state index contributed by atoms with van der Waals surface area (Å²) in [6, 6.07) is 61.6. The van der Waals surface area contributed by atoms with Crippen molar-refractivity contribution in [2.24, 2.45) is 0 Å². The van der Waals surface area contributed by atoms with E-state index in [0.29, 0.717) is 0 Å². The number of nitrogens with zero attached hydrogens (tertiary/aromatic N) is 2. The van der Waals surface area contributed by atoms with Crippen LogP contribution in [-0.2, 0) is 10.8 Å². The molecule has 286 valence electrons. The van der Waals surface area contributed by atoms with Crippen molar-refractivity contribution in [2.45, 2.75) is 38.5 Å². The number of benzene rings is 9. The first-order valence-corrected chi connectivity index (χ1v) is 20.9. The highest BCUT2D eigenvalue weighted by molar-refractivity contribution is 6.20. The van der Waals surface area contributed by atoms with Crippen molar-refractivity contribution in [3.05, 3.63) is 192 Å². The number of anilines is 6. The van der Waals surface area contributed by atoms with Gasteiger partial charge in [0.15, 0.2) is 11.2 Å². The van der Waals surface area contributed by atoms with Gasteiger partial charge < -0.3 is 18.6 Å². The van der Waals surface area contributed by atoms with Crippen LogP contribution >= 0.6 is 0 Å². The van der Waals surface area contributed by atoms with Crippen molar-refractivity contribution in [2.75, 3.05) is 9.80 Å². The van der Waals surface area contributed by atoms with Crippen LogP contribution in [0, 0.1) is 0 Å². The Morgan fingerprint density at radius 2 is 0.767 bits per heavy atom. The monoisotopic (exact) mass is 772 g/mol. The van der Waals surface area contributed by atoms with E-state index in [9.17, 15) is 0 Å². The molecule has 11 aromatic rings. The lowest BCUT2D eigenvalue weighted by Crippen LogP contribution is -2.31. The number of para-hydroxylation sites is 2. The van der Waals surface area contributed by atoms with Gasteiger partial charge in [0, 0.05) is 43.7 Å². The summed E-state index contributed by atoms with van der Waals surface area (Å²) in [5.74, 6) is 0. The average Bonchev–Trinajstić information content (AvgIpc) is 3.83. The average molecular weight is 773 g/mol. The second kappa shape index (κ2) is 11.7. The van der Waals surface area contributed by atoms with E-state index in [0.717, 1.165) is 66.6 Å². The zero-order valence-corrected chi connectivity index (χ0v) is 33.9. The minimum atomic E-state index is -0.295. The Morgan fingerprint density at radius 3 is 1.20 bits per heavy atom. The summed E-state index contributed by atoms with van der Waals surface area (Å²) in [4.78, 5) is 4.83. The summed E-state index contributed by atoms with van der Waals surface area (Å²) in [6.07, 6.45) is 0. The Labute approximate surface area is 347 Å². The molecule has 4 nitrogen and oxygen atoms in total.